The zero-order valence-electron chi connectivity index (χ0n) is 11.7. The number of piperidine rings is 1. The summed E-state index contributed by atoms with van der Waals surface area (Å²) in [5.74, 6) is 1.12. The van der Waals surface area contributed by atoms with Crippen LogP contribution in [0.5, 0.6) is 0 Å². The lowest BCUT2D eigenvalue weighted by atomic mass is 9.78. The van der Waals surface area contributed by atoms with Crippen LogP contribution in [0.3, 0.4) is 0 Å². The lowest BCUT2D eigenvalue weighted by molar-refractivity contribution is -0.115. The molecule has 1 amide bonds. The fourth-order valence-electron chi connectivity index (χ4n) is 3.54. The zero-order chi connectivity index (χ0) is 13.9. The second-order valence-corrected chi connectivity index (χ2v) is 5.85. The third kappa shape index (κ3) is 2.72. The monoisotopic (exact) mass is 274 g/mol. The highest BCUT2D eigenvalue weighted by Gasteiger charge is 2.26. The van der Waals surface area contributed by atoms with Crippen molar-refractivity contribution in [1.82, 2.24) is 5.32 Å². The lowest BCUT2D eigenvalue weighted by Crippen LogP contribution is -2.31. The van der Waals surface area contributed by atoms with Crippen molar-refractivity contribution in [2.24, 2.45) is 5.92 Å². The first-order valence-electron chi connectivity index (χ1n) is 7.52. The second-order valence-electron chi connectivity index (χ2n) is 5.85. The molecule has 0 aromatic heterocycles. The highest BCUT2D eigenvalue weighted by atomic mass is 16.3. The molecule has 2 heterocycles. The van der Waals surface area contributed by atoms with Gasteiger partial charge in [-0.05, 0) is 61.4 Å². The number of nitrogens with one attached hydrogen (secondary N) is 2. The average molecular weight is 274 g/mol. The third-order valence-electron chi connectivity index (χ3n) is 4.58. The van der Waals surface area contributed by atoms with Crippen molar-refractivity contribution < 1.29 is 9.90 Å². The van der Waals surface area contributed by atoms with E-state index in [1.165, 1.54) is 18.4 Å². The Morgan fingerprint density at radius 2 is 2.10 bits per heavy atom. The minimum absolute atomic E-state index is 0.0812. The molecule has 0 radical (unpaired) electrons. The molecule has 20 heavy (non-hydrogen) atoms. The quantitative estimate of drug-likeness (QED) is 0.782. The fraction of sp³-hybridized carbons (Fsp3) is 0.562. The summed E-state index contributed by atoms with van der Waals surface area (Å²) in [5.41, 5.74) is 3.33. The molecule has 108 valence electrons. The molecule has 1 saturated heterocycles. The van der Waals surface area contributed by atoms with Crippen LogP contribution in [0.1, 0.15) is 36.3 Å². The standard InChI is InChI=1S/C16H22N2O2/c19-8-5-14(11-3-6-17-7-4-11)12-1-2-15-13(9-12)10-16(20)18-15/h1-2,9,11,14,17,19H,3-8,10H2,(H,18,20). The van der Waals surface area contributed by atoms with Gasteiger partial charge in [-0.15, -0.1) is 0 Å². The van der Waals surface area contributed by atoms with Crippen LogP contribution in [0, 0.1) is 5.92 Å². The number of hydrogen-bond acceptors (Lipinski definition) is 3. The minimum atomic E-state index is 0.0812. The van der Waals surface area contributed by atoms with Crippen LogP contribution >= 0.6 is 0 Å². The van der Waals surface area contributed by atoms with E-state index in [1.807, 2.05) is 6.07 Å². The van der Waals surface area contributed by atoms with Gasteiger partial charge in [-0.1, -0.05) is 12.1 Å². The maximum absolute atomic E-state index is 11.4. The average Bonchev–Trinajstić information content (AvgIpc) is 2.84. The molecule has 3 rings (SSSR count). The number of hydrogen-bond donors (Lipinski definition) is 3. The van der Waals surface area contributed by atoms with Gasteiger partial charge in [-0.2, -0.15) is 0 Å². The van der Waals surface area contributed by atoms with Gasteiger partial charge in [0.1, 0.15) is 0 Å². The summed E-state index contributed by atoms with van der Waals surface area (Å²) in [5, 5.41) is 15.7. The molecule has 3 N–H and O–H groups in total. The number of carbonyl (C=O) groups is 1. The van der Waals surface area contributed by atoms with Gasteiger partial charge in [0.25, 0.3) is 0 Å². The number of carbonyl (C=O) groups excluding carboxylic acids is 1. The van der Waals surface area contributed by atoms with Crippen LogP contribution in [0.25, 0.3) is 0 Å². The van der Waals surface area contributed by atoms with Gasteiger partial charge in [-0.25, -0.2) is 0 Å². The molecule has 0 bridgehead atoms. The number of aliphatic hydroxyl groups is 1. The highest BCUT2D eigenvalue weighted by Crippen LogP contribution is 2.36. The molecule has 0 saturated carbocycles. The molecule has 1 unspecified atom stereocenters. The Labute approximate surface area is 119 Å². The molecule has 1 fully saturated rings. The van der Waals surface area contributed by atoms with Gasteiger partial charge in [-0.3, -0.25) is 4.79 Å². The van der Waals surface area contributed by atoms with Crippen molar-refractivity contribution in [3.05, 3.63) is 29.3 Å². The van der Waals surface area contributed by atoms with Crippen molar-refractivity contribution in [3.8, 4) is 0 Å². The van der Waals surface area contributed by atoms with Gasteiger partial charge < -0.3 is 15.7 Å². The summed E-state index contributed by atoms with van der Waals surface area (Å²) in [6.07, 6.45) is 3.63. The molecule has 4 nitrogen and oxygen atoms in total. The Balaban J connectivity index is 1.84. The van der Waals surface area contributed by atoms with Crippen molar-refractivity contribution in [1.29, 1.82) is 0 Å². The molecule has 4 heteroatoms. The Morgan fingerprint density at radius 3 is 2.85 bits per heavy atom. The Morgan fingerprint density at radius 1 is 1.30 bits per heavy atom. The maximum Gasteiger partial charge on any atom is 0.228 e. The maximum atomic E-state index is 11.4. The predicted octanol–water partition coefficient (Wildman–Crippen LogP) is 1.65. The Hall–Kier alpha value is -1.39. The van der Waals surface area contributed by atoms with Gasteiger partial charge in [0.05, 0.1) is 6.42 Å². The van der Waals surface area contributed by atoms with Crippen molar-refractivity contribution >= 4 is 11.6 Å². The molecule has 2 aliphatic rings. The number of amides is 1. The summed E-state index contributed by atoms with van der Waals surface area (Å²) >= 11 is 0. The van der Waals surface area contributed by atoms with Crippen molar-refractivity contribution in [3.63, 3.8) is 0 Å². The summed E-state index contributed by atoms with van der Waals surface area (Å²) in [7, 11) is 0. The number of fused-ring (bicyclic) bond motifs is 1. The SMILES string of the molecule is O=C1Cc2cc(C(CCO)C3CCNCC3)ccc2N1. The molecule has 0 spiro atoms. The fourth-order valence-corrected chi connectivity index (χ4v) is 3.54. The summed E-state index contributed by atoms with van der Waals surface area (Å²) < 4.78 is 0. The zero-order valence-corrected chi connectivity index (χ0v) is 11.7. The van der Waals surface area contributed by atoms with Crippen LogP contribution in [-0.4, -0.2) is 30.7 Å². The van der Waals surface area contributed by atoms with E-state index in [9.17, 15) is 9.90 Å². The van der Waals surface area contributed by atoms with Crippen molar-refractivity contribution in [2.75, 3.05) is 25.0 Å². The molecule has 1 atom stereocenters. The molecule has 2 aliphatic heterocycles. The summed E-state index contributed by atoms with van der Waals surface area (Å²) in [6, 6.07) is 6.30. The van der Waals surface area contributed by atoms with Gasteiger partial charge in [0.2, 0.25) is 5.91 Å². The van der Waals surface area contributed by atoms with E-state index in [0.29, 0.717) is 18.3 Å². The Kier molecular flexibility index (Phi) is 4.03. The first-order chi connectivity index (χ1) is 9.78. The summed E-state index contributed by atoms with van der Waals surface area (Å²) in [6.45, 7) is 2.36. The topological polar surface area (TPSA) is 61.4 Å². The smallest absolute Gasteiger partial charge is 0.228 e. The van der Waals surface area contributed by atoms with Crippen molar-refractivity contribution in [2.45, 2.75) is 31.6 Å². The van der Waals surface area contributed by atoms with E-state index in [1.54, 1.807) is 0 Å². The van der Waals surface area contributed by atoms with Gasteiger partial charge in [0, 0.05) is 12.3 Å². The predicted molar refractivity (Wildman–Crippen MR) is 78.8 cm³/mol. The first kappa shape index (κ1) is 13.6. The van der Waals surface area contributed by atoms with E-state index in [4.69, 9.17) is 0 Å². The van der Waals surface area contributed by atoms with Gasteiger partial charge in [0.15, 0.2) is 0 Å². The largest absolute Gasteiger partial charge is 0.396 e. The molecule has 1 aromatic rings. The number of rotatable bonds is 4. The normalized spacial score (nSPS) is 20.6. The highest BCUT2D eigenvalue weighted by molar-refractivity contribution is 5.99. The van der Waals surface area contributed by atoms with Crippen LogP contribution < -0.4 is 10.6 Å². The molecular weight excluding hydrogens is 252 g/mol. The minimum Gasteiger partial charge on any atom is -0.396 e. The molecular formula is C16H22N2O2. The van der Waals surface area contributed by atoms with E-state index in [0.717, 1.165) is 30.8 Å². The second kappa shape index (κ2) is 5.94. The van der Waals surface area contributed by atoms with E-state index in [2.05, 4.69) is 22.8 Å². The lowest BCUT2D eigenvalue weighted by Gasteiger charge is -2.31. The van der Waals surface area contributed by atoms with Gasteiger partial charge >= 0.3 is 0 Å². The number of aliphatic hydroxyl groups excluding tert-OH is 1. The summed E-state index contributed by atoms with van der Waals surface area (Å²) in [4.78, 5) is 11.4. The van der Waals surface area contributed by atoms with Crippen LogP contribution in [0.15, 0.2) is 18.2 Å². The Bertz CT molecular complexity index is 495. The van der Waals surface area contributed by atoms with Crippen LogP contribution in [0.4, 0.5) is 5.69 Å². The van der Waals surface area contributed by atoms with E-state index >= 15 is 0 Å². The first-order valence-corrected chi connectivity index (χ1v) is 7.52. The molecule has 1 aromatic carbocycles. The number of benzene rings is 1. The third-order valence-corrected chi connectivity index (χ3v) is 4.58. The van der Waals surface area contributed by atoms with E-state index in [-0.39, 0.29) is 12.5 Å². The van der Waals surface area contributed by atoms with E-state index < -0.39 is 0 Å². The van der Waals surface area contributed by atoms with Crippen LogP contribution in [-0.2, 0) is 11.2 Å². The molecule has 0 aliphatic carbocycles. The van der Waals surface area contributed by atoms with Crippen LogP contribution in [0.2, 0.25) is 0 Å². The number of anilines is 1.